The zero-order valence-electron chi connectivity index (χ0n) is 11.4. The molecular formula is C13H23N3O2. The Morgan fingerprint density at radius 1 is 1.61 bits per heavy atom. The fourth-order valence-electron chi connectivity index (χ4n) is 2.32. The summed E-state index contributed by atoms with van der Waals surface area (Å²) < 4.78 is 13.2. The molecule has 1 N–H and O–H groups in total. The van der Waals surface area contributed by atoms with Gasteiger partial charge in [0.2, 0.25) is 0 Å². The number of nitrogens with zero attached hydrogens (tertiary/aromatic N) is 2. The molecule has 1 saturated heterocycles. The van der Waals surface area contributed by atoms with E-state index in [1.54, 1.807) is 6.20 Å². The molecule has 1 aromatic rings. The molecule has 5 nitrogen and oxygen atoms in total. The zero-order valence-corrected chi connectivity index (χ0v) is 11.4. The van der Waals surface area contributed by atoms with Gasteiger partial charge in [-0.1, -0.05) is 6.92 Å². The highest BCUT2D eigenvalue weighted by Crippen LogP contribution is 2.22. The van der Waals surface area contributed by atoms with Crippen LogP contribution >= 0.6 is 0 Å². The van der Waals surface area contributed by atoms with E-state index in [1.807, 2.05) is 24.7 Å². The van der Waals surface area contributed by atoms with Crippen LogP contribution in [0.1, 0.15) is 33.2 Å². The van der Waals surface area contributed by atoms with Crippen molar-refractivity contribution in [2.45, 2.75) is 45.4 Å². The fourth-order valence-corrected chi connectivity index (χ4v) is 2.32. The molecule has 18 heavy (non-hydrogen) atoms. The third-order valence-electron chi connectivity index (χ3n) is 3.08. The number of aromatic nitrogens is 2. The monoisotopic (exact) mass is 253 g/mol. The SMILES string of the molecule is CCNC1CCOCC1n1cc(OC(C)C)cn1. The van der Waals surface area contributed by atoms with Crippen molar-refractivity contribution in [3.8, 4) is 5.75 Å². The van der Waals surface area contributed by atoms with Gasteiger partial charge in [0, 0.05) is 12.6 Å². The highest BCUT2D eigenvalue weighted by molar-refractivity contribution is 5.13. The third kappa shape index (κ3) is 3.23. The summed E-state index contributed by atoms with van der Waals surface area (Å²) in [6, 6.07) is 0.679. The fraction of sp³-hybridized carbons (Fsp3) is 0.769. The van der Waals surface area contributed by atoms with Gasteiger partial charge in [-0.3, -0.25) is 4.68 Å². The number of rotatable bonds is 5. The Bertz CT molecular complexity index is 363. The minimum Gasteiger partial charge on any atom is -0.488 e. The van der Waals surface area contributed by atoms with Gasteiger partial charge in [-0.15, -0.1) is 0 Å². The standard InChI is InChI=1S/C13H23N3O2/c1-4-14-12-5-6-17-9-13(12)16-8-11(7-15-16)18-10(2)3/h7-8,10,12-14H,4-6,9H2,1-3H3. The summed E-state index contributed by atoms with van der Waals surface area (Å²) in [4.78, 5) is 0. The molecule has 5 heteroatoms. The highest BCUT2D eigenvalue weighted by Gasteiger charge is 2.27. The third-order valence-corrected chi connectivity index (χ3v) is 3.08. The van der Waals surface area contributed by atoms with Gasteiger partial charge in [0.1, 0.15) is 0 Å². The van der Waals surface area contributed by atoms with Crippen molar-refractivity contribution in [2.75, 3.05) is 19.8 Å². The molecule has 1 aromatic heterocycles. The highest BCUT2D eigenvalue weighted by atomic mass is 16.5. The van der Waals surface area contributed by atoms with Crippen LogP contribution in [0.2, 0.25) is 0 Å². The lowest BCUT2D eigenvalue weighted by molar-refractivity contribution is 0.0330. The maximum atomic E-state index is 5.64. The van der Waals surface area contributed by atoms with E-state index in [9.17, 15) is 0 Å². The Morgan fingerprint density at radius 3 is 3.17 bits per heavy atom. The van der Waals surface area contributed by atoms with Gasteiger partial charge in [0.05, 0.1) is 31.1 Å². The zero-order chi connectivity index (χ0) is 13.0. The Balaban J connectivity index is 2.05. The normalized spacial score (nSPS) is 24.4. The van der Waals surface area contributed by atoms with Crippen molar-refractivity contribution in [2.24, 2.45) is 0 Å². The Labute approximate surface area is 108 Å². The predicted octanol–water partition coefficient (Wildman–Crippen LogP) is 1.61. The summed E-state index contributed by atoms with van der Waals surface area (Å²) in [5.74, 6) is 0.825. The number of likely N-dealkylation sites (N-methyl/N-ethyl adjacent to an activating group) is 1. The molecule has 0 bridgehead atoms. The van der Waals surface area contributed by atoms with Gasteiger partial charge in [-0.2, -0.15) is 5.10 Å². The van der Waals surface area contributed by atoms with Gasteiger partial charge < -0.3 is 14.8 Å². The average Bonchev–Trinajstić information content (AvgIpc) is 2.77. The van der Waals surface area contributed by atoms with Crippen LogP contribution in [0.4, 0.5) is 0 Å². The first-order valence-corrected chi connectivity index (χ1v) is 6.72. The lowest BCUT2D eigenvalue weighted by Gasteiger charge is -2.32. The van der Waals surface area contributed by atoms with Crippen LogP contribution in [-0.2, 0) is 4.74 Å². The number of hydrogen-bond donors (Lipinski definition) is 1. The smallest absolute Gasteiger partial charge is 0.157 e. The molecule has 2 atom stereocenters. The van der Waals surface area contributed by atoms with Crippen molar-refractivity contribution in [3.63, 3.8) is 0 Å². The molecule has 102 valence electrons. The first-order chi connectivity index (χ1) is 8.70. The van der Waals surface area contributed by atoms with Crippen LogP contribution in [0.5, 0.6) is 5.75 Å². The summed E-state index contributed by atoms with van der Waals surface area (Å²) in [5, 5.41) is 7.90. The summed E-state index contributed by atoms with van der Waals surface area (Å²) in [7, 11) is 0. The minimum atomic E-state index is 0.176. The molecule has 1 fully saturated rings. The molecule has 0 aliphatic carbocycles. The molecule has 0 saturated carbocycles. The first kappa shape index (κ1) is 13.4. The minimum absolute atomic E-state index is 0.176. The van der Waals surface area contributed by atoms with Crippen molar-refractivity contribution in [1.82, 2.24) is 15.1 Å². The van der Waals surface area contributed by atoms with E-state index >= 15 is 0 Å². The quantitative estimate of drug-likeness (QED) is 0.866. The van der Waals surface area contributed by atoms with Crippen LogP contribution in [0.3, 0.4) is 0 Å². The molecule has 0 spiro atoms. The number of hydrogen-bond acceptors (Lipinski definition) is 4. The van der Waals surface area contributed by atoms with Gasteiger partial charge in [0.25, 0.3) is 0 Å². The molecule has 2 rings (SSSR count). The largest absolute Gasteiger partial charge is 0.488 e. The van der Waals surface area contributed by atoms with Crippen LogP contribution in [0, 0.1) is 0 Å². The molecule has 1 aliphatic rings. The van der Waals surface area contributed by atoms with Crippen LogP contribution in [0.25, 0.3) is 0 Å². The Morgan fingerprint density at radius 2 is 2.44 bits per heavy atom. The second-order valence-electron chi connectivity index (χ2n) is 4.92. The average molecular weight is 253 g/mol. The topological polar surface area (TPSA) is 48.3 Å². The van der Waals surface area contributed by atoms with Crippen molar-refractivity contribution in [3.05, 3.63) is 12.4 Å². The molecule has 0 amide bonds. The van der Waals surface area contributed by atoms with E-state index in [4.69, 9.17) is 9.47 Å². The summed E-state index contributed by atoms with van der Waals surface area (Å²) in [6.45, 7) is 8.66. The van der Waals surface area contributed by atoms with E-state index in [0.29, 0.717) is 12.6 Å². The number of nitrogens with one attached hydrogen (secondary N) is 1. The van der Waals surface area contributed by atoms with Gasteiger partial charge >= 0.3 is 0 Å². The summed E-state index contributed by atoms with van der Waals surface area (Å²) >= 11 is 0. The maximum Gasteiger partial charge on any atom is 0.157 e. The first-order valence-electron chi connectivity index (χ1n) is 6.72. The van der Waals surface area contributed by atoms with Crippen molar-refractivity contribution >= 4 is 0 Å². The maximum absolute atomic E-state index is 5.64. The molecule has 2 unspecified atom stereocenters. The van der Waals surface area contributed by atoms with Crippen LogP contribution in [-0.4, -0.2) is 41.7 Å². The predicted molar refractivity (Wildman–Crippen MR) is 69.9 cm³/mol. The lowest BCUT2D eigenvalue weighted by atomic mass is 10.0. The molecular weight excluding hydrogens is 230 g/mol. The Hall–Kier alpha value is -1.07. The van der Waals surface area contributed by atoms with E-state index in [0.717, 1.165) is 25.3 Å². The Kier molecular flexibility index (Phi) is 4.60. The molecule has 0 aromatic carbocycles. The van der Waals surface area contributed by atoms with E-state index in [1.165, 1.54) is 0 Å². The van der Waals surface area contributed by atoms with Crippen molar-refractivity contribution in [1.29, 1.82) is 0 Å². The van der Waals surface area contributed by atoms with Crippen LogP contribution < -0.4 is 10.1 Å². The van der Waals surface area contributed by atoms with Crippen molar-refractivity contribution < 1.29 is 9.47 Å². The molecule has 2 heterocycles. The second kappa shape index (κ2) is 6.20. The van der Waals surface area contributed by atoms with Gasteiger partial charge in [0.15, 0.2) is 5.75 Å². The van der Waals surface area contributed by atoms with E-state index < -0.39 is 0 Å². The lowest BCUT2D eigenvalue weighted by Crippen LogP contribution is -2.43. The molecule has 1 aliphatic heterocycles. The van der Waals surface area contributed by atoms with Gasteiger partial charge in [-0.05, 0) is 26.8 Å². The number of ether oxygens (including phenoxy) is 2. The van der Waals surface area contributed by atoms with Gasteiger partial charge in [-0.25, -0.2) is 0 Å². The summed E-state index contributed by atoms with van der Waals surface area (Å²) in [5.41, 5.74) is 0. The van der Waals surface area contributed by atoms with E-state index in [-0.39, 0.29) is 12.1 Å². The molecule has 0 radical (unpaired) electrons. The summed E-state index contributed by atoms with van der Waals surface area (Å²) in [6.07, 6.45) is 4.94. The van der Waals surface area contributed by atoms with E-state index in [2.05, 4.69) is 17.3 Å². The second-order valence-corrected chi connectivity index (χ2v) is 4.92. The van der Waals surface area contributed by atoms with Crippen LogP contribution in [0.15, 0.2) is 12.4 Å².